The third-order valence-electron chi connectivity index (χ3n) is 6.24. The highest BCUT2D eigenvalue weighted by molar-refractivity contribution is 6.08. The highest BCUT2D eigenvalue weighted by Gasteiger charge is 2.37. The Balaban J connectivity index is 1.37. The summed E-state index contributed by atoms with van der Waals surface area (Å²) in [6.45, 7) is 2.38. The number of benzene rings is 3. The lowest BCUT2D eigenvalue weighted by Crippen LogP contribution is -2.30. The quantitative estimate of drug-likeness (QED) is 0.478. The monoisotopic (exact) mass is 428 g/mol. The van der Waals surface area contributed by atoms with Crippen molar-refractivity contribution in [2.24, 2.45) is 5.92 Å². The largest absolute Gasteiger partial charge is 0.495 e. The summed E-state index contributed by atoms with van der Waals surface area (Å²) >= 11 is 0. The molecular weight excluding hydrogens is 404 g/mol. The highest BCUT2D eigenvalue weighted by atomic mass is 16.5. The summed E-state index contributed by atoms with van der Waals surface area (Å²) in [6, 6.07) is 21.2. The minimum Gasteiger partial charge on any atom is -0.495 e. The molecule has 162 valence electrons. The molecule has 1 N–H and O–H groups in total. The van der Waals surface area contributed by atoms with E-state index < -0.39 is 5.92 Å². The number of nitrogens with zero attached hydrogens (tertiary/aromatic N) is 1. The van der Waals surface area contributed by atoms with Crippen LogP contribution in [0.4, 0.5) is 5.69 Å². The second-order valence-corrected chi connectivity index (χ2v) is 8.17. The Bertz CT molecular complexity index is 1310. The Morgan fingerprint density at radius 2 is 1.81 bits per heavy atom. The van der Waals surface area contributed by atoms with Gasteiger partial charge in [0.15, 0.2) is 0 Å². The van der Waals surface area contributed by atoms with Gasteiger partial charge in [-0.15, -0.1) is 0 Å². The molecule has 0 unspecified atom stereocenters. The number of ether oxygens (including phenoxy) is 1. The summed E-state index contributed by atoms with van der Waals surface area (Å²) in [5.41, 5.74) is 3.04. The van der Waals surface area contributed by atoms with E-state index >= 15 is 0 Å². The molecule has 1 aliphatic heterocycles. The molecular formula is C26H24N2O4. The van der Waals surface area contributed by atoms with E-state index in [1.54, 1.807) is 18.1 Å². The van der Waals surface area contributed by atoms with Crippen molar-refractivity contribution in [3.8, 4) is 5.75 Å². The maximum absolute atomic E-state index is 13.1. The summed E-state index contributed by atoms with van der Waals surface area (Å²) < 4.78 is 11.5. The molecule has 32 heavy (non-hydrogen) atoms. The van der Waals surface area contributed by atoms with Crippen molar-refractivity contribution in [3.05, 3.63) is 72.3 Å². The Morgan fingerprint density at radius 1 is 1.06 bits per heavy atom. The zero-order chi connectivity index (χ0) is 22.2. The van der Waals surface area contributed by atoms with E-state index in [0.717, 1.165) is 21.9 Å². The lowest BCUT2D eigenvalue weighted by Gasteiger charge is -2.25. The van der Waals surface area contributed by atoms with Crippen LogP contribution in [0, 0.1) is 5.92 Å². The normalized spacial score (nSPS) is 17.1. The molecule has 1 fully saturated rings. The van der Waals surface area contributed by atoms with Gasteiger partial charge in [-0.2, -0.15) is 0 Å². The van der Waals surface area contributed by atoms with E-state index in [0.29, 0.717) is 23.6 Å². The number of methoxy groups -OCH3 is 1. The number of fused-ring (bicyclic) bond motifs is 3. The fraction of sp³-hybridized carbons (Fsp3) is 0.231. The Kier molecular flexibility index (Phi) is 5.05. The minimum absolute atomic E-state index is 0.0128. The van der Waals surface area contributed by atoms with Gasteiger partial charge >= 0.3 is 0 Å². The summed E-state index contributed by atoms with van der Waals surface area (Å²) in [5, 5.41) is 4.87. The van der Waals surface area contributed by atoms with Crippen molar-refractivity contribution in [2.75, 3.05) is 19.0 Å². The Morgan fingerprint density at radius 3 is 2.59 bits per heavy atom. The van der Waals surface area contributed by atoms with Crippen LogP contribution in [-0.4, -0.2) is 30.4 Å². The molecule has 1 saturated heterocycles. The molecule has 0 spiro atoms. The fourth-order valence-electron chi connectivity index (χ4n) is 4.45. The van der Waals surface area contributed by atoms with Crippen molar-refractivity contribution in [1.82, 2.24) is 4.90 Å². The predicted molar refractivity (Wildman–Crippen MR) is 124 cm³/mol. The molecule has 5 rings (SSSR count). The number of carbonyl (C=O) groups excluding carboxylic acids is 2. The van der Waals surface area contributed by atoms with Crippen LogP contribution in [0.5, 0.6) is 5.75 Å². The van der Waals surface area contributed by atoms with E-state index in [9.17, 15) is 9.59 Å². The lowest BCUT2D eigenvalue weighted by atomic mass is 10.1. The number of para-hydroxylation sites is 1. The van der Waals surface area contributed by atoms with Crippen molar-refractivity contribution in [1.29, 1.82) is 0 Å². The van der Waals surface area contributed by atoms with Gasteiger partial charge in [0.05, 0.1) is 24.8 Å². The maximum atomic E-state index is 13.1. The first kappa shape index (κ1) is 20.1. The van der Waals surface area contributed by atoms with Crippen molar-refractivity contribution in [3.63, 3.8) is 0 Å². The van der Waals surface area contributed by atoms with E-state index in [1.165, 1.54) is 0 Å². The van der Waals surface area contributed by atoms with E-state index in [-0.39, 0.29) is 24.3 Å². The molecule has 3 aromatic carbocycles. The number of anilines is 1. The van der Waals surface area contributed by atoms with Crippen LogP contribution < -0.4 is 10.1 Å². The highest BCUT2D eigenvalue weighted by Crippen LogP contribution is 2.37. The molecule has 4 aromatic rings. The number of amides is 2. The van der Waals surface area contributed by atoms with Gasteiger partial charge in [-0.25, -0.2) is 0 Å². The van der Waals surface area contributed by atoms with Gasteiger partial charge in [-0.1, -0.05) is 48.5 Å². The zero-order valence-electron chi connectivity index (χ0n) is 18.0. The molecule has 1 aliphatic rings. The average Bonchev–Trinajstić information content (AvgIpc) is 3.38. The molecule has 2 heterocycles. The van der Waals surface area contributed by atoms with Crippen molar-refractivity contribution < 1.29 is 18.7 Å². The third kappa shape index (κ3) is 3.47. The summed E-state index contributed by atoms with van der Waals surface area (Å²) in [7, 11) is 1.57. The van der Waals surface area contributed by atoms with Crippen LogP contribution in [0.1, 0.15) is 24.9 Å². The van der Waals surface area contributed by atoms with Crippen LogP contribution >= 0.6 is 0 Å². The number of hydrogen-bond donors (Lipinski definition) is 1. The Hall–Kier alpha value is -3.80. The summed E-state index contributed by atoms with van der Waals surface area (Å²) in [6.07, 6.45) is 0.193. The summed E-state index contributed by atoms with van der Waals surface area (Å²) in [5.74, 6) is -0.0861. The molecule has 0 aliphatic carbocycles. The second kappa shape index (κ2) is 8.04. The van der Waals surface area contributed by atoms with Crippen LogP contribution in [0.3, 0.4) is 0 Å². The zero-order valence-corrected chi connectivity index (χ0v) is 18.0. The van der Waals surface area contributed by atoms with Gasteiger partial charge in [-0.05, 0) is 24.6 Å². The molecule has 6 heteroatoms. The standard InChI is InChI=1S/C26H24N2O4/c1-16(17-8-4-3-5-9-17)28-15-18(12-25(28)29)26(30)27-21-14-23-20(13-24(21)31-2)19-10-6-7-11-22(19)32-23/h3-11,13-14,16,18H,12,15H2,1-2H3,(H,27,30)/t16-,18-/m1/s1. The van der Waals surface area contributed by atoms with Gasteiger partial charge in [0.1, 0.15) is 16.9 Å². The molecule has 0 bridgehead atoms. The fourth-order valence-corrected chi connectivity index (χ4v) is 4.45. The first-order valence-corrected chi connectivity index (χ1v) is 10.7. The first-order valence-electron chi connectivity index (χ1n) is 10.7. The van der Waals surface area contributed by atoms with Crippen molar-refractivity contribution >= 4 is 39.4 Å². The SMILES string of the molecule is COc1cc2c(cc1NC(=O)[C@@H]1CC(=O)N([C@H](C)c3ccccc3)C1)oc1ccccc12. The molecule has 2 atom stereocenters. The predicted octanol–water partition coefficient (Wildman–Crippen LogP) is 5.14. The number of hydrogen-bond acceptors (Lipinski definition) is 4. The maximum Gasteiger partial charge on any atom is 0.229 e. The smallest absolute Gasteiger partial charge is 0.229 e. The van der Waals surface area contributed by atoms with Crippen molar-refractivity contribution in [2.45, 2.75) is 19.4 Å². The lowest BCUT2D eigenvalue weighted by molar-refractivity contribution is -0.129. The van der Waals surface area contributed by atoms with Gasteiger partial charge in [0.25, 0.3) is 0 Å². The van der Waals surface area contributed by atoms with Gasteiger partial charge in [0.2, 0.25) is 11.8 Å². The molecule has 0 radical (unpaired) electrons. The van der Waals surface area contributed by atoms with Gasteiger partial charge < -0.3 is 19.4 Å². The van der Waals surface area contributed by atoms with E-state index in [1.807, 2.05) is 67.6 Å². The van der Waals surface area contributed by atoms with Gasteiger partial charge in [0, 0.05) is 29.8 Å². The topological polar surface area (TPSA) is 71.8 Å². The van der Waals surface area contributed by atoms with Crippen LogP contribution in [-0.2, 0) is 9.59 Å². The average molecular weight is 428 g/mol. The van der Waals surface area contributed by atoms with Crippen LogP contribution in [0.15, 0.2) is 71.1 Å². The Labute approximate surface area is 185 Å². The molecule has 1 aromatic heterocycles. The van der Waals surface area contributed by atoms with Gasteiger partial charge in [-0.3, -0.25) is 9.59 Å². The minimum atomic E-state index is -0.426. The number of nitrogens with one attached hydrogen (secondary N) is 1. The second-order valence-electron chi connectivity index (χ2n) is 8.17. The van der Waals surface area contributed by atoms with Crippen LogP contribution in [0.25, 0.3) is 21.9 Å². The number of carbonyl (C=O) groups is 2. The molecule has 6 nitrogen and oxygen atoms in total. The summed E-state index contributed by atoms with van der Waals surface area (Å²) in [4.78, 5) is 27.5. The molecule has 0 saturated carbocycles. The number of likely N-dealkylation sites (tertiary alicyclic amines) is 1. The van der Waals surface area contributed by atoms with E-state index in [4.69, 9.17) is 9.15 Å². The number of rotatable bonds is 5. The first-order chi connectivity index (χ1) is 15.5. The van der Waals surface area contributed by atoms with Crippen LogP contribution in [0.2, 0.25) is 0 Å². The third-order valence-corrected chi connectivity index (χ3v) is 6.24. The van der Waals surface area contributed by atoms with E-state index in [2.05, 4.69) is 5.32 Å². The molecule has 2 amide bonds. The number of furan rings is 1.